The molecule has 10 nitrogen and oxygen atoms in total. The number of carbonyl (C=O) groups is 1. The number of rotatable bonds is 4. The number of furan rings is 1. The second kappa shape index (κ2) is 7.20. The molecule has 11 heteroatoms. The van der Waals surface area contributed by atoms with Gasteiger partial charge in [0.1, 0.15) is 18.3 Å². The van der Waals surface area contributed by atoms with Crippen LogP contribution in [-0.4, -0.2) is 35.3 Å². The van der Waals surface area contributed by atoms with Gasteiger partial charge in [0.2, 0.25) is 0 Å². The molecule has 1 atom stereocenters. The topological polar surface area (TPSA) is 108 Å². The van der Waals surface area contributed by atoms with E-state index in [1.54, 1.807) is 23.7 Å². The number of imidazole rings is 1. The van der Waals surface area contributed by atoms with E-state index < -0.39 is 11.2 Å². The van der Waals surface area contributed by atoms with Gasteiger partial charge in [-0.2, -0.15) is 5.10 Å². The van der Waals surface area contributed by atoms with Gasteiger partial charge in [0.15, 0.2) is 11.2 Å². The molecular formula is C20H18N6O4S. The maximum Gasteiger partial charge on any atom is 0.332 e. The molecule has 1 aliphatic rings. The summed E-state index contributed by atoms with van der Waals surface area (Å²) in [5.41, 5.74) is 0.243. The van der Waals surface area contributed by atoms with E-state index in [0.29, 0.717) is 12.2 Å². The number of amides is 1. The van der Waals surface area contributed by atoms with Gasteiger partial charge in [-0.3, -0.25) is 18.7 Å². The fourth-order valence-corrected chi connectivity index (χ4v) is 4.49. The molecule has 0 unspecified atom stereocenters. The SMILES string of the molecule is Cn1c(=O)c2c(ncn2CC(=O)N2N=C(c3cccs3)C[C@H]2c2ccco2)n(C)c1=O. The summed E-state index contributed by atoms with van der Waals surface area (Å²) in [6.07, 6.45) is 3.49. The van der Waals surface area contributed by atoms with E-state index in [0.717, 1.165) is 15.2 Å². The van der Waals surface area contributed by atoms with Crippen LogP contribution in [0.25, 0.3) is 11.2 Å². The molecule has 0 aromatic carbocycles. The lowest BCUT2D eigenvalue weighted by Crippen LogP contribution is -2.38. The number of aromatic nitrogens is 4. The Hall–Kier alpha value is -3.73. The van der Waals surface area contributed by atoms with Crippen molar-refractivity contribution < 1.29 is 9.21 Å². The average Bonchev–Trinajstić information content (AvgIpc) is 3.54. The number of nitrogens with zero attached hydrogens (tertiary/aromatic N) is 6. The minimum atomic E-state index is -0.504. The Kier molecular flexibility index (Phi) is 4.47. The van der Waals surface area contributed by atoms with Gasteiger partial charge in [-0.1, -0.05) is 6.07 Å². The maximum absolute atomic E-state index is 13.3. The van der Waals surface area contributed by atoms with Crippen molar-refractivity contribution in [1.82, 2.24) is 23.7 Å². The van der Waals surface area contributed by atoms with Crippen molar-refractivity contribution in [3.8, 4) is 0 Å². The molecule has 0 N–H and O–H groups in total. The summed E-state index contributed by atoms with van der Waals surface area (Å²) in [7, 11) is 2.93. The van der Waals surface area contributed by atoms with Crippen LogP contribution in [0, 0.1) is 0 Å². The molecule has 0 radical (unpaired) electrons. The van der Waals surface area contributed by atoms with E-state index in [1.807, 2.05) is 23.6 Å². The molecule has 5 rings (SSSR count). The monoisotopic (exact) mass is 438 g/mol. The number of hydrogen-bond donors (Lipinski definition) is 0. The molecule has 31 heavy (non-hydrogen) atoms. The highest BCUT2D eigenvalue weighted by Gasteiger charge is 2.35. The molecule has 4 aromatic rings. The molecule has 1 amide bonds. The minimum absolute atomic E-state index is 0.150. The quantitative estimate of drug-likeness (QED) is 0.479. The summed E-state index contributed by atoms with van der Waals surface area (Å²) in [6, 6.07) is 7.11. The molecule has 0 saturated heterocycles. The van der Waals surface area contributed by atoms with Gasteiger partial charge < -0.3 is 8.98 Å². The van der Waals surface area contributed by atoms with E-state index in [1.165, 1.54) is 34.6 Å². The van der Waals surface area contributed by atoms with Crippen LogP contribution in [-0.2, 0) is 25.4 Å². The van der Waals surface area contributed by atoms with E-state index in [-0.39, 0.29) is 29.7 Å². The van der Waals surface area contributed by atoms with Crippen LogP contribution >= 0.6 is 11.3 Å². The normalized spacial score (nSPS) is 16.3. The molecule has 1 aliphatic heterocycles. The molecule has 0 aliphatic carbocycles. The first kappa shape index (κ1) is 19.2. The van der Waals surface area contributed by atoms with Crippen molar-refractivity contribution in [2.45, 2.75) is 19.0 Å². The van der Waals surface area contributed by atoms with Crippen molar-refractivity contribution in [2.75, 3.05) is 0 Å². The molecular weight excluding hydrogens is 420 g/mol. The molecule has 0 saturated carbocycles. The summed E-state index contributed by atoms with van der Waals surface area (Å²) in [6.45, 7) is -0.150. The first-order valence-electron chi connectivity index (χ1n) is 9.53. The highest BCUT2D eigenvalue weighted by atomic mass is 32.1. The lowest BCUT2D eigenvalue weighted by Gasteiger charge is -2.20. The van der Waals surface area contributed by atoms with Gasteiger partial charge in [0.25, 0.3) is 11.5 Å². The third kappa shape index (κ3) is 3.05. The standard InChI is InChI=1S/C20H18N6O4S/c1-23-18-17(19(28)24(2)20(23)29)25(11-21-18)10-16(27)26-13(14-5-3-7-30-14)9-12(22-26)15-6-4-8-31-15/h3-8,11,13H,9-10H2,1-2H3/t13-/m0/s1. The van der Waals surface area contributed by atoms with Crippen LogP contribution in [0.2, 0.25) is 0 Å². The van der Waals surface area contributed by atoms with Gasteiger partial charge in [0, 0.05) is 20.5 Å². The molecule has 0 fully saturated rings. The van der Waals surface area contributed by atoms with Crippen LogP contribution in [0.1, 0.15) is 23.1 Å². The molecule has 0 bridgehead atoms. The Bertz CT molecular complexity index is 1420. The predicted molar refractivity (Wildman–Crippen MR) is 114 cm³/mol. The fourth-order valence-electron chi connectivity index (χ4n) is 3.77. The number of fused-ring (bicyclic) bond motifs is 1. The van der Waals surface area contributed by atoms with Crippen molar-refractivity contribution in [3.63, 3.8) is 0 Å². The summed E-state index contributed by atoms with van der Waals surface area (Å²) >= 11 is 1.56. The summed E-state index contributed by atoms with van der Waals surface area (Å²) in [5.74, 6) is 0.320. The third-order valence-corrected chi connectivity index (χ3v) is 6.28. The number of aryl methyl sites for hydroxylation is 1. The molecule has 0 spiro atoms. The fraction of sp³-hybridized carbons (Fsp3) is 0.250. The summed E-state index contributed by atoms with van der Waals surface area (Å²) < 4.78 is 9.30. The number of thiophene rings is 1. The molecule has 5 heterocycles. The van der Waals surface area contributed by atoms with Crippen LogP contribution in [0.5, 0.6) is 0 Å². The summed E-state index contributed by atoms with van der Waals surface area (Å²) in [4.78, 5) is 43.3. The van der Waals surface area contributed by atoms with Gasteiger partial charge in [-0.25, -0.2) is 14.8 Å². The van der Waals surface area contributed by atoms with Gasteiger partial charge in [-0.05, 0) is 23.6 Å². The highest BCUT2D eigenvalue weighted by Crippen LogP contribution is 2.34. The molecule has 158 valence electrons. The van der Waals surface area contributed by atoms with Crippen molar-refractivity contribution >= 4 is 34.1 Å². The van der Waals surface area contributed by atoms with Gasteiger partial charge in [-0.15, -0.1) is 11.3 Å². The Balaban J connectivity index is 1.53. The largest absolute Gasteiger partial charge is 0.467 e. The Morgan fingerprint density at radius 2 is 2.06 bits per heavy atom. The minimum Gasteiger partial charge on any atom is -0.467 e. The van der Waals surface area contributed by atoms with Crippen LogP contribution < -0.4 is 11.2 Å². The van der Waals surface area contributed by atoms with Crippen LogP contribution in [0.3, 0.4) is 0 Å². The number of hydrazone groups is 1. The number of carbonyl (C=O) groups excluding carboxylic acids is 1. The second-order valence-corrected chi connectivity index (χ2v) is 8.20. The zero-order valence-corrected chi connectivity index (χ0v) is 17.6. The van der Waals surface area contributed by atoms with Crippen molar-refractivity contribution in [2.24, 2.45) is 19.2 Å². The average molecular weight is 438 g/mol. The van der Waals surface area contributed by atoms with Crippen LogP contribution in [0.15, 0.2) is 61.3 Å². The Morgan fingerprint density at radius 1 is 1.23 bits per heavy atom. The lowest BCUT2D eigenvalue weighted by molar-refractivity contribution is -0.133. The van der Waals surface area contributed by atoms with E-state index >= 15 is 0 Å². The first-order valence-corrected chi connectivity index (χ1v) is 10.4. The van der Waals surface area contributed by atoms with E-state index in [4.69, 9.17) is 4.42 Å². The zero-order valence-electron chi connectivity index (χ0n) is 16.8. The third-order valence-electron chi connectivity index (χ3n) is 5.37. The smallest absolute Gasteiger partial charge is 0.332 e. The van der Waals surface area contributed by atoms with E-state index in [2.05, 4.69) is 10.1 Å². The Morgan fingerprint density at radius 3 is 2.77 bits per heavy atom. The van der Waals surface area contributed by atoms with Crippen molar-refractivity contribution in [1.29, 1.82) is 0 Å². The number of hydrogen-bond acceptors (Lipinski definition) is 7. The second-order valence-electron chi connectivity index (χ2n) is 7.25. The zero-order chi connectivity index (χ0) is 21.7. The van der Waals surface area contributed by atoms with Gasteiger partial charge >= 0.3 is 5.69 Å². The van der Waals surface area contributed by atoms with Crippen molar-refractivity contribution in [3.05, 3.63) is 73.7 Å². The van der Waals surface area contributed by atoms with Gasteiger partial charge in [0.05, 0.1) is 23.2 Å². The predicted octanol–water partition coefficient (Wildman–Crippen LogP) is 1.47. The Labute approximate surface area is 179 Å². The summed E-state index contributed by atoms with van der Waals surface area (Å²) in [5, 5.41) is 7.95. The lowest BCUT2D eigenvalue weighted by atomic mass is 10.1. The first-order chi connectivity index (χ1) is 15.0. The highest BCUT2D eigenvalue weighted by molar-refractivity contribution is 7.12. The van der Waals surface area contributed by atoms with E-state index in [9.17, 15) is 14.4 Å². The van der Waals surface area contributed by atoms with Crippen LogP contribution in [0.4, 0.5) is 0 Å². The maximum atomic E-state index is 13.3. The molecule has 4 aromatic heterocycles.